The van der Waals surface area contributed by atoms with Crippen LogP contribution in [0.2, 0.25) is 0 Å². The van der Waals surface area contributed by atoms with E-state index in [1.54, 1.807) is 24.3 Å². The maximum atomic E-state index is 13.6. The second-order valence-electron chi connectivity index (χ2n) is 8.53. The van der Waals surface area contributed by atoms with E-state index in [0.29, 0.717) is 5.69 Å². The van der Waals surface area contributed by atoms with Crippen molar-refractivity contribution >= 4 is 33.4 Å². The van der Waals surface area contributed by atoms with Crippen molar-refractivity contribution in [3.8, 4) is 0 Å². The predicted octanol–water partition coefficient (Wildman–Crippen LogP) is 6.28. The van der Waals surface area contributed by atoms with Crippen LogP contribution < -0.4 is 5.32 Å². The normalized spacial score (nSPS) is 11.4. The number of amides is 1. The lowest BCUT2D eigenvalue weighted by Crippen LogP contribution is -2.37. The third-order valence-corrected chi connectivity index (χ3v) is 8.44. The number of para-hydroxylation sites is 1. The monoisotopic (exact) mass is 516 g/mol. The summed E-state index contributed by atoms with van der Waals surface area (Å²) in [5.41, 5.74) is 3.44. The molecule has 0 unspecified atom stereocenters. The average molecular weight is 517 g/mol. The molecule has 0 saturated carbocycles. The summed E-state index contributed by atoms with van der Waals surface area (Å²) < 4.78 is 28.4. The largest absolute Gasteiger partial charge is 0.324 e. The molecule has 0 heterocycles. The zero-order valence-electron chi connectivity index (χ0n) is 20.2. The van der Waals surface area contributed by atoms with Crippen molar-refractivity contribution in [1.29, 1.82) is 0 Å². The van der Waals surface area contributed by atoms with E-state index < -0.39 is 15.9 Å². The van der Waals surface area contributed by atoms with Crippen LogP contribution in [0.15, 0.2) is 118 Å². The maximum absolute atomic E-state index is 13.6. The summed E-state index contributed by atoms with van der Waals surface area (Å²) in [6, 6.07) is 31.7. The summed E-state index contributed by atoms with van der Waals surface area (Å²) in [6.07, 6.45) is 0. The Morgan fingerprint density at radius 1 is 0.806 bits per heavy atom. The third kappa shape index (κ3) is 6.63. The summed E-state index contributed by atoms with van der Waals surface area (Å²) >= 11 is 1.54. The molecular weight excluding hydrogens is 488 g/mol. The van der Waals surface area contributed by atoms with Gasteiger partial charge >= 0.3 is 0 Å². The minimum absolute atomic E-state index is 0.0890. The van der Waals surface area contributed by atoms with Gasteiger partial charge < -0.3 is 5.32 Å². The lowest BCUT2D eigenvalue weighted by atomic mass is 10.1. The van der Waals surface area contributed by atoms with Crippen LogP contribution in [0.3, 0.4) is 0 Å². The molecule has 0 fully saturated rings. The van der Waals surface area contributed by atoms with E-state index in [1.165, 1.54) is 16.1 Å². The molecule has 0 spiro atoms. The Balaban J connectivity index is 1.58. The van der Waals surface area contributed by atoms with Gasteiger partial charge in [0, 0.05) is 16.3 Å². The Morgan fingerprint density at radius 2 is 1.50 bits per heavy atom. The minimum Gasteiger partial charge on any atom is -0.324 e. The molecule has 0 atom stereocenters. The number of sulfonamides is 1. The van der Waals surface area contributed by atoms with Gasteiger partial charge in [-0.05, 0) is 55.8 Å². The van der Waals surface area contributed by atoms with Crippen LogP contribution in [0.1, 0.15) is 16.7 Å². The van der Waals surface area contributed by atoms with Gasteiger partial charge in [-0.2, -0.15) is 4.31 Å². The topological polar surface area (TPSA) is 66.5 Å². The molecule has 0 saturated heterocycles. The molecule has 36 heavy (non-hydrogen) atoms. The van der Waals surface area contributed by atoms with Crippen LogP contribution in [0.25, 0.3) is 0 Å². The van der Waals surface area contributed by atoms with E-state index in [2.05, 4.69) is 5.32 Å². The Bertz CT molecular complexity index is 1440. The first kappa shape index (κ1) is 25.7. The molecule has 0 bridgehead atoms. The number of benzene rings is 4. The maximum Gasteiger partial charge on any atom is 0.243 e. The number of nitrogens with zero attached hydrogens (tertiary/aromatic N) is 1. The van der Waals surface area contributed by atoms with Crippen LogP contribution >= 0.6 is 11.8 Å². The van der Waals surface area contributed by atoms with E-state index in [9.17, 15) is 13.2 Å². The fraction of sp³-hybridized carbons (Fsp3) is 0.138. The van der Waals surface area contributed by atoms with Gasteiger partial charge in [-0.25, -0.2) is 8.42 Å². The quantitative estimate of drug-likeness (QED) is 0.284. The molecule has 5 nitrogen and oxygen atoms in total. The van der Waals surface area contributed by atoms with Crippen molar-refractivity contribution in [2.45, 2.75) is 35.1 Å². The van der Waals surface area contributed by atoms with Crippen LogP contribution in [-0.4, -0.2) is 25.2 Å². The van der Waals surface area contributed by atoms with Gasteiger partial charge in [-0.1, -0.05) is 89.6 Å². The predicted molar refractivity (Wildman–Crippen MR) is 146 cm³/mol. The number of carbonyl (C=O) groups excluding carboxylic acids is 1. The molecule has 1 amide bonds. The van der Waals surface area contributed by atoms with Crippen molar-refractivity contribution < 1.29 is 13.2 Å². The molecule has 0 aliphatic rings. The van der Waals surface area contributed by atoms with Gasteiger partial charge in [-0.15, -0.1) is 0 Å². The van der Waals surface area contributed by atoms with Crippen LogP contribution in [0, 0.1) is 13.8 Å². The molecule has 0 radical (unpaired) electrons. The number of anilines is 1. The van der Waals surface area contributed by atoms with E-state index in [0.717, 1.165) is 26.5 Å². The lowest BCUT2D eigenvalue weighted by Gasteiger charge is -2.22. The van der Waals surface area contributed by atoms with Crippen LogP contribution in [0.4, 0.5) is 5.69 Å². The number of carbonyl (C=O) groups is 1. The Labute approximate surface area is 217 Å². The summed E-state index contributed by atoms with van der Waals surface area (Å²) in [4.78, 5) is 15.3. The number of nitrogens with one attached hydrogen (secondary N) is 1. The lowest BCUT2D eigenvalue weighted by molar-refractivity contribution is -0.116. The number of aryl methyl sites for hydroxylation is 2. The zero-order chi connectivity index (χ0) is 25.5. The molecule has 0 aliphatic heterocycles. The van der Waals surface area contributed by atoms with Gasteiger partial charge in [0.05, 0.1) is 17.1 Å². The van der Waals surface area contributed by atoms with E-state index in [1.807, 2.05) is 92.7 Å². The van der Waals surface area contributed by atoms with Gasteiger partial charge in [0.15, 0.2) is 0 Å². The highest BCUT2D eigenvalue weighted by Crippen LogP contribution is 2.33. The summed E-state index contributed by atoms with van der Waals surface area (Å²) in [5, 5.41) is 2.93. The number of hydrogen-bond acceptors (Lipinski definition) is 4. The molecule has 0 aliphatic carbocycles. The smallest absolute Gasteiger partial charge is 0.243 e. The van der Waals surface area contributed by atoms with Crippen molar-refractivity contribution in [1.82, 2.24) is 4.31 Å². The Kier molecular flexibility index (Phi) is 8.25. The second-order valence-corrected chi connectivity index (χ2v) is 11.6. The molecule has 184 valence electrons. The fourth-order valence-electron chi connectivity index (χ4n) is 3.72. The Hall–Kier alpha value is -3.39. The molecular formula is C29H28N2O3S2. The van der Waals surface area contributed by atoms with E-state index in [4.69, 9.17) is 0 Å². The first-order chi connectivity index (χ1) is 17.3. The minimum atomic E-state index is -3.91. The first-order valence-corrected chi connectivity index (χ1v) is 13.8. The molecule has 0 aromatic heterocycles. The van der Waals surface area contributed by atoms with Crippen molar-refractivity contribution in [2.24, 2.45) is 0 Å². The van der Waals surface area contributed by atoms with Crippen molar-refractivity contribution in [3.63, 3.8) is 0 Å². The highest BCUT2D eigenvalue weighted by Gasteiger charge is 2.27. The summed E-state index contributed by atoms with van der Waals surface area (Å²) in [7, 11) is -3.91. The van der Waals surface area contributed by atoms with E-state index in [-0.39, 0.29) is 18.0 Å². The average Bonchev–Trinajstić information content (AvgIpc) is 2.86. The highest BCUT2D eigenvalue weighted by molar-refractivity contribution is 7.99. The van der Waals surface area contributed by atoms with Crippen LogP contribution in [0.5, 0.6) is 0 Å². The third-order valence-electron chi connectivity index (χ3n) is 5.55. The molecule has 4 aromatic carbocycles. The first-order valence-electron chi connectivity index (χ1n) is 11.6. The van der Waals surface area contributed by atoms with Gasteiger partial charge in [-0.3, -0.25) is 4.79 Å². The van der Waals surface area contributed by atoms with Gasteiger partial charge in [0.1, 0.15) is 0 Å². The molecule has 4 rings (SSSR count). The van der Waals surface area contributed by atoms with E-state index >= 15 is 0 Å². The standard InChI is InChI=1S/C29H28N2O3S2/c1-22-15-17-26(18-16-22)36(33,34)31(20-24-10-8-9-23(2)19-24)21-29(32)30-27-13-6-7-14-28(27)35-25-11-4-3-5-12-25/h3-19H,20-21H2,1-2H3,(H,30,32). The summed E-state index contributed by atoms with van der Waals surface area (Å²) in [6.45, 7) is 3.63. The number of hydrogen-bond donors (Lipinski definition) is 1. The van der Waals surface area contributed by atoms with Gasteiger partial charge in [0.25, 0.3) is 0 Å². The molecule has 7 heteroatoms. The van der Waals surface area contributed by atoms with Gasteiger partial charge in [0.2, 0.25) is 15.9 Å². The van der Waals surface area contributed by atoms with Crippen molar-refractivity contribution in [3.05, 3.63) is 120 Å². The second kappa shape index (κ2) is 11.6. The molecule has 4 aromatic rings. The van der Waals surface area contributed by atoms with Crippen molar-refractivity contribution in [2.75, 3.05) is 11.9 Å². The zero-order valence-corrected chi connectivity index (χ0v) is 21.9. The fourth-order valence-corrected chi connectivity index (χ4v) is 6.03. The highest BCUT2D eigenvalue weighted by atomic mass is 32.2. The van der Waals surface area contributed by atoms with Crippen LogP contribution in [-0.2, 0) is 21.4 Å². The SMILES string of the molecule is Cc1ccc(S(=O)(=O)N(CC(=O)Nc2ccccc2Sc2ccccc2)Cc2cccc(C)c2)cc1. The number of rotatable bonds is 9. The molecule has 1 N–H and O–H groups in total. The summed E-state index contributed by atoms with van der Waals surface area (Å²) in [5.74, 6) is -0.403. The Morgan fingerprint density at radius 3 is 2.22 bits per heavy atom.